The highest BCUT2D eigenvalue weighted by Gasteiger charge is 2.21. The molecule has 0 aliphatic heterocycles. The Morgan fingerprint density at radius 3 is 2.74 bits per heavy atom. The summed E-state index contributed by atoms with van der Waals surface area (Å²) in [6.07, 6.45) is 1.89. The number of rotatable bonds is 6. The average molecular weight is 430 g/mol. The monoisotopic (exact) mass is 428 g/mol. The number of pyridine rings is 1. The number of esters is 1. The molecule has 1 aromatic carbocycles. The number of aromatic nitrogens is 3. The zero-order chi connectivity index (χ0) is 19.6. The molecule has 0 saturated heterocycles. The van der Waals surface area contributed by atoms with E-state index in [0.717, 1.165) is 0 Å². The number of carbonyl (C=O) groups excluding carboxylic acids is 1. The van der Waals surface area contributed by atoms with Crippen LogP contribution in [0.1, 0.15) is 16.8 Å². The van der Waals surface area contributed by atoms with E-state index in [0.29, 0.717) is 56.4 Å². The number of carbonyl (C=O) groups is 1. The lowest BCUT2D eigenvalue weighted by atomic mass is 10.2. The smallest absolute Gasteiger partial charge is 0.340 e. The number of fused-ring (bicyclic) bond motifs is 1. The van der Waals surface area contributed by atoms with Crippen LogP contribution in [0.3, 0.4) is 0 Å². The van der Waals surface area contributed by atoms with Crippen molar-refractivity contribution in [1.82, 2.24) is 14.5 Å². The third-order valence-electron chi connectivity index (χ3n) is 3.83. The second-order valence-corrected chi connectivity index (χ2v) is 6.81. The van der Waals surface area contributed by atoms with Crippen molar-refractivity contribution in [1.29, 1.82) is 0 Å². The summed E-state index contributed by atoms with van der Waals surface area (Å²) >= 11 is 18.4. The third kappa shape index (κ3) is 3.96. The van der Waals surface area contributed by atoms with Crippen LogP contribution >= 0.6 is 34.8 Å². The molecule has 0 aliphatic carbocycles. The number of aryl methyl sites for hydroxylation is 1. The summed E-state index contributed by atoms with van der Waals surface area (Å²) < 4.78 is 6.59. The molecule has 0 saturated carbocycles. The Hall–Kier alpha value is -2.06. The van der Waals surface area contributed by atoms with Crippen molar-refractivity contribution in [3.63, 3.8) is 0 Å². The van der Waals surface area contributed by atoms with Crippen molar-refractivity contribution in [3.8, 4) is 0 Å². The van der Waals surface area contributed by atoms with Crippen LogP contribution in [0.5, 0.6) is 0 Å². The van der Waals surface area contributed by atoms with Crippen molar-refractivity contribution in [2.24, 2.45) is 0 Å². The third-order valence-corrected chi connectivity index (χ3v) is 4.63. The Balaban J connectivity index is 2.19. The van der Waals surface area contributed by atoms with Crippen LogP contribution in [0.15, 0.2) is 24.4 Å². The van der Waals surface area contributed by atoms with Gasteiger partial charge in [-0.25, -0.2) is 14.8 Å². The van der Waals surface area contributed by atoms with Gasteiger partial charge in [0.2, 0.25) is 5.95 Å². The first-order valence-electron chi connectivity index (χ1n) is 7.92. The van der Waals surface area contributed by atoms with E-state index in [1.165, 1.54) is 13.3 Å². The lowest BCUT2D eigenvalue weighted by Gasteiger charge is -2.12. The van der Waals surface area contributed by atoms with E-state index in [-0.39, 0.29) is 6.61 Å². The van der Waals surface area contributed by atoms with Crippen LogP contribution in [0.4, 0.5) is 11.8 Å². The first-order valence-corrected chi connectivity index (χ1v) is 9.05. The Kier molecular flexibility index (Phi) is 6.06. The van der Waals surface area contributed by atoms with Gasteiger partial charge in [-0.05, 0) is 24.6 Å². The molecule has 0 bridgehead atoms. The van der Waals surface area contributed by atoms with E-state index < -0.39 is 5.97 Å². The van der Waals surface area contributed by atoms with Gasteiger partial charge in [0.15, 0.2) is 5.82 Å². The van der Waals surface area contributed by atoms with E-state index in [2.05, 4.69) is 15.3 Å². The molecular formula is C17H15Cl3N4O3. The minimum Gasteiger partial charge on any atom is -0.465 e. The van der Waals surface area contributed by atoms with E-state index in [9.17, 15) is 9.90 Å². The Morgan fingerprint density at radius 1 is 1.30 bits per heavy atom. The van der Waals surface area contributed by atoms with Gasteiger partial charge in [-0.3, -0.25) is 0 Å². The molecule has 10 heteroatoms. The van der Waals surface area contributed by atoms with Gasteiger partial charge in [0.25, 0.3) is 0 Å². The number of aliphatic hydroxyl groups is 1. The van der Waals surface area contributed by atoms with Gasteiger partial charge in [-0.2, -0.15) is 0 Å². The van der Waals surface area contributed by atoms with E-state index >= 15 is 0 Å². The summed E-state index contributed by atoms with van der Waals surface area (Å²) in [5, 5.41) is 13.4. The number of anilines is 2. The fraction of sp³-hybridized carbons (Fsp3) is 0.235. The summed E-state index contributed by atoms with van der Waals surface area (Å²) in [5.74, 6) is 0.196. The van der Waals surface area contributed by atoms with Crippen LogP contribution in [0.2, 0.25) is 15.1 Å². The van der Waals surface area contributed by atoms with Crippen LogP contribution in [0.25, 0.3) is 11.0 Å². The molecule has 3 rings (SSSR count). The maximum atomic E-state index is 12.2. The number of imidazole rings is 1. The Bertz CT molecular complexity index is 1010. The van der Waals surface area contributed by atoms with Gasteiger partial charge < -0.3 is 19.7 Å². The number of nitrogens with zero attached hydrogens (tertiary/aromatic N) is 3. The lowest BCUT2D eigenvalue weighted by Crippen LogP contribution is -2.10. The number of ether oxygens (including phenoxy) is 1. The Labute approximate surface area is 169 Å². The summed E-state index contributed by atoms with van der Waals surface area (Å²) in [7, 11) is 1.30. The van der Waals surface area contributed by atoms with Crippen molar-refractivity contribution in [3.05, 3.63) is 45.0 Å². The summed E-state index contributed by atoms with van der Waals surface area (Å²) in [6, 6.07) is 4.70. The first-order chi connectivity index (χ1) is 13.0. The highest BCUT2D eigenvalue weighted by atomic mass is 35.5. The molecule has 2 heterocycles. The van der Waals surface area contributed by atoms with Gasteiger partial charge in [0.1, 0.15) is 5.52 Å². The van der Waals surface area contributed by atoms with Crippen molar-refractivity contribution in [2.45, 2.75) is 13.0 Å². The number of aliphatic hydroxyl groups excluding tert-OH is 1. The normalized spacial score (nSPS) is 11.0. The molecule has 0 unspecified atom stereocenters. The van der Waals surface area contributed by atoms with Gasteiger partial charge in [-0.15, -0.1) is 0 Å². The van der Waals surface area contributed by atoms with Crippen LogP contribution < -0.4 is 5.32 Å². The van der Waals surface area contributed by atoms with Gasteiger partial charge in [0, 0.05) is 19.3 Å². The number of benzene rings is 1. The van der Waals surface area contributed by atoms with Gasteiger partial charge in [-0.1, -0.05) is 34.8 Å². The second-order valence-electron chi connectivity index (χ2n) is 5.56. The molecular weight excluding hydrogens is 415 g/mol. The largest absolute Gasteiger partial charge is 0.465 e. The maximum absolute atomic E-state index is 12.2. The molecule has 2 aromatic heterocycles. The number of halogens is 3. The second kappa shape index (κ2) is 8.31. The molecule has 0 fully saturated rings. The topological polar surface area (TPSA) is 89.3 Å². The summed E-state index contributed by atoms with van der Waals surface area (Å²) in [5.41, 5.74) is 1.23. The molecule has 0 radical (unpaired) electrons. The molecule has 0 spiro atoms. The fourth-order valence-electron chi connectivity index (χ4n) is 2.64. The zero-order valence-corrected chi connectivity index (χ0v) is 16.4. The van der Waals surface area contributed by atoms with E-state index in [1.54, 1.807) is 22.8 Å². The lowest BCUT2D eigenvalue weighted by molar-refractivity contribution is 0.0602. The van der Waals surface area contributed by atoms with Crippen LogP contribution in [-0.4, -0.2) is 39.3 Å². The SMILES string of the molecule is COC(=O)c1ccc(Cl)c2nc(Nc3ncc(Cl)cc3Cl)n(CCCO)c12. The predicted molar refractivity (Wildman–Crippen MR) is 105 cm³/mol. The number of hydrogen-bond acceptors (Lipinski definition) is 6. The summed E-state index contributed by atoms with van der Waals surface area (Å²) in [6.45, 7) is 0.345. The van der Waals surface area contributed by atoms with E-state index in [1.807, 2.05) is 0 Å². The molecule has 142 valence electrons. The van der Waals surface area contributed by atoms with Gasteiger partial charge >= 0.3 is 5.97 Å². The molecule has 0 aliphatic rings. The first kappa shape index (κ1) is 19.7. The van der Waals surface area contributed by atoms with Gasteiger partial charge in [0.05, 0.1) is 33.3 Å². The standard InChI is InChI=1S/C17H15Cl3N4O3/c1-27-16(26)10-3-4-11(19)13-14(10)24(5-2-6-25)17(22-13)23-15-12(20)7-9(18)8-21-15/h3-4,7-8,25H,2,5-6H2,1H3,(H,21,22,23). The molecule has 27 heavy (non-hydrogen) atoms. The van der Waals surface area contributed by atoms with Crippen molar-refractivity contribution >= 4 is 63.6 Å². The maximum Gasteiger partial charge on any atom is 0.340 e. The fourth-order valence-corrected chi connectivity index (χ4v) is 3.26. The molecule has 3 aromatic rings. The highest BCUT2D eigenvalue weighted by Crippen LogP contribution is 2.32. The summed E-state index contributed by atoms with van der Waals surface area (Å²) in [4.78, 5) is 20.9. The average Bonchev–Trinajstić information content (AvgIpc) is 3.01. The quantitative estimate of drug-likeness (QED) is 0.568. The Morgan fingerprint density at radius 2 is 2.07 bits per heavy atom. The molecule has 2 N–H and O–H groups in total. The minimum absolute atomic E-state index is 0.0345. The van der Waals surface area contributed by atoms with Crippen LogP contribution in [-0.2, 0) is 11.3 Å². The predicted octanol–water partition coefficient (Wildman–Crippen LogP) is 4.30. The van der Waals surface area contributed by atoms with Crippen LogP contribution in [0, 0.1) is 0 Å². The zero-order valence-electron chi connectivity index (χ0n) is 14.2. The molecule has 7 nitrogen and oxygen atoms in total. The van der Waals surface area contributed by atoms with Crippen molar-refractivity contribution < 1.29 is 14.6 Å². The number of hydrogen-bond donors (Lipinski definition) is 2. The number of nitrogens with one attached hydrogen (secondary N) is 1. The molecule has 0 atom stereocenters. The molecule has 0 amide bonds. The highest BCUT2D eigenvalue weighted by molar-refractivity contribution is 6.36. The van der Waals surface area contributed by atoms with E-state index in [4.69, 9.17) is 39.5 Å². The number of methoxy groups -OCH3 is 1. The van der Waals surface area contributed by atoms with Crippen molar-refractivity contribution in [2.75, 3.05) is 19.0 Å². The minimum atomic E-state index is -0.518.